The molecule has 5 nitrogen and oxygen atoms in total. The van der Waals surface area contributed by atoms with Crippen LogP contribution < -0.4 is 10.7 Å². The van der Waals surface area contributed by atoms with Crippen LogP contribution in [-0.4, -0.2) is 28.2 Å². The van der Waals surface area contributed by atoms with E-state index in [4.69, 9.17) is 11.6 Å². The van der Waals surface area contributed by atoms with Gasteiger partial charge in [-0.2, -0.15) is 0 Å². The lowest BCUT2D eigenvalue weighted by molar-refractivity contribution is 0.0921. The van der Waals surface area contributed by atoms with Crippen LogP contribution in [0.5, 0.6) is 0 Å². The van der Waals surface area contributed by atoms with Crippen molar-refractivity contribution in [1.82, 2.24) is 9.88 Å². The van der Waals surface area contributed by atoms with Crippen LogP contribution in [0.25, 0.3) is 5.69 Å². The van der Waals surface area contributed by atoms with Gasteiger partial charge in [0, 0.05) is 55.3 Å². The van der Waals surface area contributed by atoms with Crippen LogP contribution in [-0.2, 0) is 6.42 Å². The number of rotatable bonds is 4. The first-order valence-electron chi connectivity index (χ1n) is 9.99. The number of nitrogens with one attached hydrogen (secondary N) is 1. The van der Waals surface area contributed by atoms with Crippen molar-refractivity contribution in [2.45, 2.75) is 43.4 Å². The number of nitrogens with zero attached hydrogens (tertiary/aromatic N) is 1. The maximum Gasteiger partial charge on any atom is 0.257 e. The molecule has 0 spiro atoms. The molecule has 0 bridgehead atoms. The quantitative estimate of drug-likeness (QED) is 0.576. The molecule has 1 amide bonds. The van der Waals surface area contributed by atoms with E-state index in [1.54, 1.807) is 30.0 Å². The number of aromatic nitrogens is 1. The zero-order valence-corrected chi connectivity index (χ0v) is 19.8. The molecule has 0 saturated carbocycles. The first kappa shape index (κ1) is 22.1. The molecule has 0 radical (unpaired) electrons. The Hall–Kier alpha value is -2.06. The van der Waals surface area contributed by atoms with Crippen molar-refractivity contribution >= 4 is 40.6 Å². The molecular weight excluding hydrogens is 452 g/mol. The molecule has 2 unspecified atom stereocenters. The number of thiophene rings is 1. The molecule has 1 aliphatic rings. The number of amides is 1. The Morgan fingerprint density at radius 3 is 2.74 bits per heavy atom. The second-order valence-electron chi connectivity index (χ2n) is 7.74. The van der Waals surface area contributed by atoms with Crippen LogP contribution in [0.1, 0.15) is 43.7 Å². The Balaban J connectivity index is 1.94. The number of pyridine rings is 1. The maximum atomic E-state index is 13.0. The van der Waals surface area contributed by atoms with Crippen molar-refractivity contribution in [2.24, 2.45) is 0 Å². The van der Waals surface area contributed by atoms with E-state index in [-0.39, 0.29) is 22.8 Å². The van der Waals surface area contributed by atoms with Crippen molar-refractivity contribution < 1.29 is 9.90 Å². The van der Waals surface area contributed by atoms with Gasteiger partial charge in [-0.3, -0.25) is 9.59 Å². The summed E-state index contributed by atoms with van der Waals surface area (Å²) in [5, 5.41) is 13.0. The van der Waals surface area contributed by atoms with Crippen LogP contribution in [0.4, 0.5) is 0 Å². The minimum absolute atomic E-state index is 0.0363. The van der Waals surface area contributed by atoms with E-state index in [9.17, 15) is 14.7 Å². The number of carbonyl (C=O) groups is 1. The number of benzene rings is 1. The molecule has 1 aliphatic heterocycles. The van der Waals surface area contributed by atoms with Gasteiger partial charge in [-0.05, 0) is 51.1 Å². The normalized spacial score (nSPS) is 16.2. The smallest absolute Gasteiger partial charge is 0.257 e. The summed E-state index contributed by atoms with van der Waals surface area (Å²) < 4.78 is 2.00. The number of hydrogen-bond acceptors (Lipinski definition) is 5. The Kier molecular flexibility index (Phi) is 6.30. The van der Waals surface area contributed by atoms with Gasteiger partial charge < -0.3 is 15.0 Å². The fraction of sp³-hybridized carbons (Fsp3) is 0.304. The molecule has 0 fully saturated rings. The number of halogens is 1. The van der Waals surface area contributed by atoms with Crippen molar-refractivity contribution in [2.75, 3.05) is 6.54 Å². The molecule has 2 aromatic heterocycles. The van der Waals surface area contributed by atoms with Crippen molar-refractivity contribution in [3.63, 3.8) is 0 Å². The van der Waals surface area contributed by atoms with Gasteiger partial charge in [0.05, 0.1) is 11.8 Å². The first-order chi connectivity index (χ1) is 14.7. The molecular formula is C23H23ClN2O3S2. The molecule has 0 saturated heterocycles. The van der Waals surface area contributed by atoms with Crippen LogP contribution in [0.2, 0.25) is 5.02 Å². The second-order valence-corrected chi connectivity index (χ2v) is 10.7. The minimum atomic E-state index is -0.698. The van der Waals surface area contributed by atoms with E-state index in [2.05, 4.69) is 24.4 Å². The summed E-state index contributed by atoms with van der Waals surface area (Å²) in [5.41, 5.74) is 2.17. The van der Waals surface area contributed by atoms with Gasteiger partial charge in [-0.25, -0.2) is 0 Å². The van der Waals surface area contributed by atoms with Crippen molar-refractivity contribution in [1.29, 1.82) is 0 Å². The van der Waals surface area contributed by atoms with Gasteiger partial charge in [-0.15, -0.1) is 23.1 Å². The van der Waals surface area contributed by atoms with E-state index >= 15 is 0 Å². The molecule has 8 heteroatoms. The summed E-state index contributed by atoms with van der Waals surface area (Å²) >= 11 is 9.73. The van der Waals surface area contributed by atoms with Gasteiger partial charge in [0.2, 0.25) is 0 Å². The number of aliphatic hydroxyl groups excluding tert-OH is 1. The Bertz CT molecular complexity index is 1220. The summed E-state index contributed by atoms with van der Waals surface area (Å²) in [6.45, 7) is 5.62. The number of aliphatic hydroxyl groups is 1. The monoisotopic (exact) mass is 474 g/mol. The van der Waals surface area contributed by atoms with E-state index in [0.29, 0.717) is 17.1 Å². The molecule has 3 heterocycles. The molecule has 0 aliphatic carbocycles. The van der Waals surface area contributed by atoms with Crippen molar-refractivity contribution in [3.05, 3.63) is 78.3 Å². The van der Waals surface area contributed by atoms with Gasteiger partial charge in [-0.1, -0.05) is 11.6 Å². The summed E-state index contributed by atoms with van der Waals surface area (Å²) in [6, 6.07) is 11.4. The maximum absolute atomic E-state index is 13.0. The zero-order chi connectivity index (χ0) is 22.3. The molecule has 2 N–H and O–H groups in total. The topological polar surface area (TPSA) is 71.3 Å². The third-order valence-electron chi connectivity index (χ3n) is 5.17. The minimum Gasteiger partial charge on any atom is -0.392 e. The van der Waals surface area contributed by atoms with Crippen LogP contribution in [0.15, 0.2) is 46.1 Å². The highest BCUT2D eigenvalue weighted by Gasteiger charge is 2.30. The third kappa shape index (κ3) is 4.46. The average molecular weight is 475 g/mol. The zero-order valence-electron chi connectivity index (χ0n) is 17.4. The average Bonchev–Trinajstić information content (AvgIpc) is 3.05. The Morgan fingerprint density at radius 2 is 2.06 bits per heavy atom. The number of carbonyl (C=O) groups excluding carboxylic acids is 1. The summed E-state index contributed by atoms with van der Waals surface area (Å²) in [6.07, 6.45) is -0.179. The summed E-state index contributed by atoms with van der Waals surface area (Å²) in [5.74, 6) is -0.460. The summed E-state index contributed by atoms with van der Waals surface area (Å²) in [7, 11) is 0. The lowest BCUT2D eigenvalue weighted by Crippen LogP contribution is -2.36. The van der Waals surface area contributed by atoms with E-state index in [0.717, 1.165) is 16.3 Å². The SMILES string of the molecule is Cc1ccc(C2Cc3c(C(=O)NCC(C)O)c(=O)cc(C)n3-c3ccc(Cl)cc3S2)s1. The molecule has 162 valence electrons. The van der Waals surface area contributed by atoms with Crippen LogP contribution in [0, 0.1) is 13.8 Å². The number of thioether (sulfide) groups is 1. The highest BCUT2D eigenvalue weighted by Crippen LogP contribution is 2.46. The number of hydrogen-bond donors (Lipinski definition) is 2. The van der Waals surface area contributed by atoms with Gasteiger partial charge >= 0.3 is 0 Å². The van der Waals surface area contributed by atoms with Crippen LogP contribution >= 0.6 is 34.7 Å². The van der Waals surface area contributed by atoms with Gasteiger partial charge in [0.25, 0.3) is 5.91 Å². The highest BCUT2D eigenvalue weighted by atomic mass is 35.5. The van der Waals surface area contributed by atoms with E-state index in [1.165, 1.54) is 15.8 Å². The molecule has 1 aromatic carbocycles. The van der Waals surface area contributed by atoms with Crippen LogP contribution in [0.3, 0.4) is 0 Å². The fourth-order valence-electron chi connectivity index (χ4n) is 3.82. The second kappa shape index (κ2) is 8.82. The van der Waals surface area contributed by atoms with E-state index < -0.39 is 12.0 Å². The largest absolute Gasteiger partial charge is 0.392 e. The standard InChI is InChI=1S/C23H23ClN2O3S2/c1-12-8-18(28)22(23(29)25-11-13(2)27)17-10-21(19-7-4-14(3)30-19)31-20-9-15(24)5-6-16(20)26(12)17/h4-9,13,21,27H,10-11H2,1-3H3,(H,25,29). The first-order valence-corrected chi connectivity index (χ1v) is 12.1. The molecule has 3 aromatic rings. The third-order valence-corrected chi connectivity index (χ3v) is 7.96. The highest BCUT2D eigenvalue weighted by molar-refractivity contribution is 7.99. The molecule has 2 atom stereocenters. The fourth-order valence-corrected chi connectivity index (χ4v) is 6.42. The predicted octanol–water partition coefficient (Wildman–Crippen LogP) is 4.67. The summed E-state index contributed by atoms with van der Waals surface area (Å²) in [4.78, 5) is 29.4. The lowest BCUT2D eigenvalue weighted by Gasteiger charge is -2.20. The lowest BCUT2D eigenvalue weighted by atomic mass is 10.0. The number of fused-ring (bicyclic) bond motifs is 3. The van der Waals surface area contributed by atoms with Gasteiger partial charge in [0.15, 0.2) is 5.43 Å². The Morgan fingerprint density at radius 1 is 1.29 bits per heavy atom. The predicted molar refractivity (Wildman–Crippen MR) is 127 cm³/mol. The number of aryl methyl sites for hydroxylation is 2. The Labute approximate surface area is 194 Å². The van der Waals surface area contributed by atoms with Crippen molar-refractivity contribution in [3.8, 4) is 5.69 Å². The van der Waals surface area contributed by atoms with E-state index in [1.807, 2.05) is 29.7 Å². The molecule has 31 heavy (non-hydrogen) atoms. The molecule has 4 rings (SSSR count). The van der Waals surface area contributed by atoms with Gasteiger partial charge in [0.1, 0.15) is 5.56 Å².